The number of methoxy groups -OCH3 is 2. The minimum Gasteiger partial charge on any atom is -0.493 e. The molecule has 32 heavy (non-hydrogen) atoms. The van der Waals surface area contributed by atoms with Gasteiger partial charge in [-0.15, -0.1) is 0 Å². The Labute approximate surface area is 204 Å². The molecule has 0 saturated heterocycles. The lowest BCUT2D eigenvalue weighted by Gasteiger charge is -2.05. The van der Waals surface area contributed by atoms with Crippen molar-refractivity contribution in [1.29, 1.82) is 0 Å². The van der Waals surface area contributed by atoms with Crippen molar-refractivity contribution in [3.05, 3.63) is 57.5 Å². The number of carbonyl (C=O) groups excluding carboxylic acids is 2. The van der Waals surface area contributed by atoms with Crippen LogP contribution in [0.4, 0.5) is 0 Å². The number of rotatable bonds is 8. The number of hydrogen-bond donors (Lipinski definition) is 0. The highest BCUT2D eigenvalue weighted by Crippen LogP contribution is 2.40. The molecular weight excluding hydrogens is 544 g/mol. The Morgan fingerprint density at radius 1 is 0.719 bits per heavy atom. The van der Waals surface area contributed by atoms with Crippen LogP contribution in [0.3, 0.4) is 0 Å². The van der Waals surface area contributed by atoms with Crippen molar-refractivity contribution in [3.63, 3.8) is 0 Å². The van der Waals surface area contributed by atoms with E-state index in [0.29, 0.717) is 25.0 Å². The van der Waals surface area contributed by atoms with Crippen LogP contribution in [0.5, 0.6) is 11.5 Å². The maximum absolute atomic E-state index is 11.2. The van der Waals surface area contributed by atoms with E-state index < -0.39 is 0 Å². The first-order chi connectivity index (χ1) is 15.4. The minimum atomic E-state index is -0.121. The van der Waals surface area contributed by atoms with Gasteiger partial charge >= 0.3 is 11.9 Å². The van der Waals surface area contributed by atoms with E-state index in [1.54, 1.807) is 0 Å². The number of carbonyl (C=O) groups is 2. The van der Waals surface area contributed by atoms with E-state index in [0.717, 1.165) is 33.3 Å². The molecule has 2 aromatic carbocycles. The zero-order valence-electron chi connectivity index (χ0n) is 18.0. The molecule has 2 fully saturated rings. The van der Waals surface area contributed by atoms with Crippen molar-refractivity contribution in [2.24, 2.45) is 23.7 Å². The van der Waals surface area contributed by atoms with Crippen LogP contribution in [-0.4, -0.2) is 39.4 Å². The first-order valence-electron chi connectivity index (χ1n) is 10.3. The lowest BCUT2D eigenvalue weighted by Crippen LogP contribution is -2.08. The van der Waals surface area contributed by atoms with Crippen molar-refractivity contribution in [1.82, 2.24) is 0 Å². The molecule has 0 aromatic heterocycles. The van der Waals surface area contributed by atoms with Crippen LogP contribution in [0.2, 0.25) is 0 Å². The average molecular weight is 570 g/mol. The predicted molar refractivity (Wildman–Crippen MR) is 127 cm³/mol. The third kappa shape index (κ3) is 7.52. The molecule has 2 aliphatic carbocycles. The van der Waals surface area contributed by atoms with Gasteiger partial charge in [-0.3, -0.25) is 9.59 Å². The van der Waals surface area contributed by atoms with Crippen LogP contribution in [0.15, 0.2) is 57.5 Å². The summed E-state index contributed by atoms with van der Waals surface area (Å²) in [5.41, 5.74) is 0. The monoisotopic (exact) mass is 568 g/mol. The van der Waals surface area contributed by atoms with Crippen molar-refractivity contribution in [3.8, 4) is 11.5 Å². The van der Waals surface area contributed by atoms with E-state index >= 15 is 0 Å². The fraction of sp³-hybridized carbons (Fsp3) is 0.417. The molecule has 2 aliphatic rings. The smallest absolute Gasteiger partial charge is 0.309 e. The fourth-order valence-electron chi connectivity index (χ4n) is 3.21. The molecule has 0 radical (unpaired) electrons. The normalized spacial score (nSPS) is 22.6. The standard InChI is InChI=1S/2C12H13BrO3/c2*1-15-12(14)11-6-8(11)7-16-10-4-2-9(13)3-5-10/h2*2-5,8,11H,6-7H2,1H3/t2*8-,11-/m10/s1. The van der Waals surface area contributed by atoms with Crippen molar-refractivity contribution in [2.45, 2.75) is 12.8 Å². The summed E-state index contributed by atoms with van der Waals surface area (Å²) in [5.74, 6) is 2.14. The Bertz CT molecular complexity index is 824. The van der Waals surface area contributed by atoms with Gasteiger partial charge in [-0.05, 0) is 61.4 Å². The highest BCUT2D eigenvalue weighted by atomic mass is 79.9. The zero-order valence-corrected chi connectivity index (χ0v) is 21.1. The van der Waals surface area contributed by atoms with E-state index in [2.05, 4.69) is 41.3 Å². The molecule has 172 valence electrons. The molecule has 4 rings (SSSR count). The van der Waals surface area contributed by atoms with Crippen molar-refractivity contribution in [2.75, 3.05) is 27.4 Å². The average Bonchev–Trinajstić information content (AvgIpc) is 3.73. The van der Waals surface area contributed by atoms with E-state index in [4.69, 9.17) is 9.47 Å². The first kappa shape index (κ1) is 24.6. The van der Waals surface area contributed by atoms with Gasteiger partial charge in [-0.1, -0.05) is 31.9 Å². The van der Waals surface area contributed by atoms with Gasteiger partial charge in [-0.25, -0.2) is 0 Å². The maximum Gasteiger partial charge on any atom is 0.309 e. The summed E-state index contributed by atoms with van der Waals surface area (Å²) in [6.07, 6.45) is 1.76. The molecular formula is C24H26Br2O6. The van der Waals surface area contributed by atoms with Crippen LogP contribution in [0, 0.1) is 23.7 Å². The van der Waals surface area contributed by atoms with Crippen LogP contribution >= 0.6 is 31.9 Å². The SMILES string of the molecule is COC(=O)[C@@H]1C[C@@H]1COc1ccc(Br)cc1.COC(=O)[C@H]1C[C@H]1COc1ccc(Br)cc1. The molecule has 0 unspecified atom stereocenters. The van der Waals surface area contributed by atoms with Gasteiger partial charge in [0.2, 0.25) is 0 Å². The van der Waals surface area contributed by atoms with Crippen LogP contribution < -0.4 is 9.47 Å². The number of benzene rings is 2. The zero-order chi connectivity index (χ0) is 23.1. The summed E-state index contributed by atoms with van der Waals surface area (Å²) in [6, 6.07) is 15.3. The van der Waals surface area contributed by atoms with Gasteiger partial charge < -0.3 is 18.9 Å². The van der Waals surface area contributed by atoms with E-state index in [-0.39, 0.29) is 23.8 Å². The Hall–Kier alpha value is -2.06. The van der Waals surface area contributed by atoms with Gasteiger partial charge in [0.05, 0.1) is 39.3 Å². The molecule has 2 aromatic rings. The summed E-state index contributed by atoms with van der Waals surface area (Å²) in [5, 5.41) is 0. The van der Waals surface area contributed by atoms with Crippen molar-refractivity contribution >= 4 is 43.8 Å². The Kier molecular flexibility index (Phi) is 8.99. The third-order valence-electron chi connectivity index (χ3n) is 5.41. The highest BCUT2D eigenvalue weighted by molar-refractivity contribution is 9.10. The van der Waals surface area contributed by atoms with Gasteiger partial charge in [0, 0.05) is 20.8 Å². The number of esters is 2. The molecule has 0 bridgehead atoms. The Balaban J connectivity index is 0.000000181. The summed E-state index contributed by atoms with van der Waals surface area (Å²) >= 11 is 6.72. The second-order valence-electron chi connectivity index (χ2n) is 7.78. The molecule has 0 amide bonds. The third-order valence-corrected chi connectivity index (χ3v) is 6.47. The molecule has 8 heteroatoms. The van der Waals surface area contributed by atoms with Crippen LogP contribution in [0.1, 0.15) is 12.8 Å². The largest absolute Gasteiger partial charge is 0.493 e. The molecule has 6 nitrogen and oxygen atoms in total. The lowest BCUT2D eigenvalue weighted by molar-refractivity contribution is -0.143. The molecule has 0 spiro atoms. The summed E-state index contributed by atoms with van der Waals surface area (Å²) < 4.78 is 22.6. The van der Waals surface area contributed by atoms with Gasteiger partial charge in [0.1, 0.15) is 11.5 Å². The number of hydrogen-bond acceptors (Lipinski definition) is 6. The predicted octanol–water partition coefficient (Wildman–Crippen LogP) is 5.27. The summed E-state index contributed by atoms with van der Waals surface area (Å²) in [7, 11) is 2.85. The Morgan fingerprint density at radius 3 is 1.38 bits per heavy atom. The molecule has 4 atom stereocenters. The highest BCUT2D eigenvalue weighted by Gasteiger charge is 2.45. The topological polar surface area (TPSA) is 71.1 Å². The molecule has 0 N–H and O–H groups in total. The van der Waals surface area contributed by atoms with Crippen LogP contribution in [0.25, 0.3) is 0 Å². The molecule has 0 heterocycles. The lowest BCUT2D eigenvalue weighted by atomic mass is 10.3. The summed E-state index contributed by atoms with van der Waals surface area (Å²) in [4.78, 5) is 22.3. The number of ether oxygens (including phenoxy) is 4. The molecule has 0 aliphatic heterocycles. The molecule has 2 saturated carbocycles. The summed E-state index contributed by atoms with van der Waals surface area (Å²) in [6.45, 7) is 1.17. The maximum atomic E-state index is 11.2. The van der Waals surface area contributed by atoms with E-state index in [9.17, 15) is 9.59 Å². The quantitative estimate of drug-likeness (QED) is 0.403. The first-order valence-corrected chi connectivity index (χ1v) is 11.9. The van der Waals surface area contributed by atoms with Gasteiger partial charge in [0.25, 0.3) is 0 Å². The van der Waals surface area contributed by atoms with Gasteiger partial charge in [-0.2, -0.15) is 0 Å². The number of halogens is 2. The van der Waals surface area contributed by atoms with Gasteiger partial charge in [0.15, 0.2) is 0 Å². The van der Waals surface area contributed by atoms with E-state index in [1.807, 2.05) is 48.5 Å². The fourth-order valence-corrected chi connectivity index (χ4v) is 3.74. The van der Waals surface area contributed by atoms with Crippen LogP contribution in [-0.2, 0) is 19.1 Å². The minimum absolute atomic E-state index is 0.0421. The van der Waals surface area contributed by atoms with E-state index in [1.165, 1.54) is 14.2 Å². The van der Waals surface area contributed by atoms with Crippen molar-refractivity contribution < 1.29 is 28.5 Å². The second-order valence-corrected chi connectivity index (χ2v) is 9.61. The second kappa shape index (κ2) is 11.7. The Morgan fingerprint density at radius 2 is 1.06 bits per heavy atom.